The van der Waals surface area contributed by atoms with Crippen LogP contribution in [0.5, 0.6) is 0 Å². The number of para-hydroxylation sites is 1. The van der Waals surface area contributed by atoms with Gasteiger partial charge in [0.05, 0.1) is 24.1 Å². The Bertz CT molecular complexity index is 838. The maximum atomic E-state index is 12.7. The van der Waals surface area contributed by atoms with Gasteiger partial charge in [-0.05, 0) is 54.3 Å². The first-order chi connectivity index (χ1) is 12.8. The van der Waals surface area contributed by atoms with Gasteiger partial charge >= 0.3 is 0 Å². The van der Waals surface area contributed by atoms with E-state index >= 15 is 0 Å². The van der Waals surface area contributed by atoms with Gasteiger partial charge in [-0.1, -0.05) is 12.1 Å². The third-order valence-corrected chi connectivity index (χ3v) is 6.92. The van der Waals surface area contributed by atoms with Crippen molar-refractivity contribution in [3.8, 4) is 6.07 Å². The number of nitriles is 1. The summed E-state index contributed by atoms with van der Waals surface area (Å²) in [6, 6.07) is 12.5. The van der Waals surface area contributed by atoms with E-state index in [0.717, 1.165) is 23.5 Å². The normalized spacial score (nSPS) is 19.6. The second-order valence-corrected chi connectivity index (χ2v) is 8.81. The van der Waals surface area contributed by atoms with Crippen LogP contribution in [0.2, 0.25) is 0 Å². The molecular formula is C20H21N3OS2. The van der Waals surface area contributed by atoms with Gasteiger partial charge < -0.3 is 5.32 Å². The summed E-state index contributed by atoms with van der Waals surface area (Å²) in [6.07, 6.45) is 3.58. The van der Waals surface area contributed by atoms with E-state index in [9.17, 15) is 4.79 Å². The van der Waals surface area contributed by atoms with Crippen molar-refractivity contribution in [2.24, 2.45) is 5.92 Å². The van der Waals surface area contributed by atoms with E-state index in [4.69, 9.17) is 5.26 Å². The first-order valence-corrected chi connectivity index (χ1v) is 10.8. The number of benzene rings is 1. The zero-order valence-corrected chi connectivity index (χ0v) is 16.1. The van der Waals surface area contributed by atoms with Crippen molar-refractivity contribution in [3.63, 3.8) is 0 Å². The average molecular weight is 384 g/mol. The van der Waals surface area contributed by atoms with Crippen LogP contribution < -0.4 is 5.32 Å². The van der Waals surface area contributed by atoms with Crippen LogP contribution in [0.15, 0.2) is 40.6 Å². The summed E-state index contributed by atoms with van der Waals surface area (Å²) in [5.74, 6) is 1.11. The quantitative estimate of drug-likeness (QED) is 0.755. The molecule has 0 bridgehead atoms. The van der Waals surface area contributed by atoms with Gasteiger partial charge in [0.15, 0.2) is 0 Å². The molecule has 0 unspecified atom stereocenters. The van der Waals surface area contributed by atoms with Crippen molar-refractivity contribution in [1.82, 2.24) is 4.90 Å². The second-order valence-electron chi connectivity index (χ2n) is 6.79. The molecule has 1 N–H and O–H groups in total. The minimum Gasteiger partial charge on any atom is -0.324 e. The molecule has 4 nitrogen and oxygen atoms in total. The van der Waals surface area contributed by atoms with E-state index in [-0.39, 0.29) is 5.91 Å². The summed E-state index contributed by atoms with van der Waals surface area (Å²) in [5, 5.41) is 14.0. The highest BCUT2D eigenvalue weighted by molar-refractivity contribution is 7.99. The van der Waals surface area contributed by atoms with E-state index in [2.05, 4.69) is 27.7 Å². The third-order valence-electron chi connectivity index (χ3n) is 4.99. The Labute approximate surface area is 162 Å². The molecule has 1 aromatic carbocycles. The van der Waals surface area contributed by atoms with Gasteiger partial charge in [-0.3, -0.25) is 9.69 Å². The lowest BCUT2D eigenvalue weighted by Crippen LogP contribution is -2.41. The molecule has 1 atom stereocenters. The van der Waals surface area contributed by atoms with Crippen LogP contribution in [0.25, 0.3) is 0 Å². The largest absolute Gasteiger partial charge is 0.324 e. The minimum atomic E-state index is 0.0272. The van der Waals surface area contributed by atoms with Crippen molar-refractivity contribution in [2.45, 2.75) is 30.2 Å². The topological polar surface area (TPSA) is 56.1 Å². The molecule has 0 saturated heterocycles. The van der Waals surface area contributed by atoms with Crippen molar-refractivity contribution in [3.05, 3.63) is 46.2 Å². The molecule has 134 valence electrons. The molecule has 1 aliphatic heterocycles. The molecule has 0 radical (unpaired) electrons. The summed E-state index contributed by atoms with van der Waals surface area (Å²) < 4.78 is 0. The monoisotopic (exact) mass is 383 g/mol. The lowest BCUT2D eigenvalue weighted by molar-refractivity contribution is -0.118. The van der Waals surface area contributed by atoms with Gasteiger partial charge in [-0.15, -0.1) is 23.1 Å². The smallest absolute Gasteiger partial charge is 0.238 e. The number of amides is 1. The number of thiophene rings is 1. The standard InChI is InChI=1S/C20H21N3OS2/c21-9-12-26-18-4-2-1-3-16(18)22-19(24)13-23-10-7-17-15(8-11-25-17)20(23)14-5-6-14/h1-4,8,11,14,20H,5-7,10,12-13H2,(H,22,24)/t20-/m1/s1. The molecule has 0 spiro atoms. The zero-order valence-electron chi connectivity index (χ0n) is 14.5. The molecule has 1 amide bonds. The first kappa shape index (κ1) is 17.6. The van der Waals surface area contributed by atoms with Gasteiger partial charge in [0.2, 0.25) is 5.91 Å². The molecule has 1 aromatic heterocycles. The Morgan fingerprint density at radius 3 is 3.00 bits per heavy atom. The van der Waals surface area contributed by atoms with E-state index in [1.165, 1.54) is 35.0 Å². The number of nitrogens with one attached hydrogen (secondary N) is 1. The van der Waals surface area contributed by atoms with Crippen LogP contribution >= 0.6 is 23.1 Å². The highest BCUT2D eigenvalue weighted by atomic mass is 32.2. The number of thioether (sulfide) groups is 1. The van der Waals surface area contributed by atoms with Crippen LogP contribution in [0.1, 0.15) is 29.3 Å². The van der Waals surface area contributed by atoms with Gasteiger partial charge in [0.25, 0.3) is 0 Å². The first-order valence-electron chi connectivity index (χ1n) is 8.95. The Hall–Kier alpha value is -1.81. The molecular weight excluding hydrogens is 362 g/mol. The second kappa shape index (κ2) is 7.83. The molecule has 4 rings (SSSR count). The zero-order chi connectivity index (χ0) is 17.9. The average Bonchev–Trinajstić information content (AvgIpc) is 3.37. The Morgan fingerprint density at radius 2 is 2.19 bits per heavy atom. The van der Waals surface area contributed by atoms with E-state index < -0.39 is 0 Å². The van der Waals surface area contributed by atoms with Crippen LogP contribution in [-0.2, 0) is 11.2 Å². The number of carbonyl (C=O) groups excluding carboxylic acids is 1. The summed E-state index contributed by atoms with van der Waals surface area (Å²) in [4.78, 5) is 17.5. The molecule has 2 aromatic rings. The highest BCUT2D eigenvalue weighted by Gasteiger charge is 2.40. The van der Waals surface area contributed by atoms with Gasteiger partial charge in [-0.2, -0.15) is 5.26 Å². The Morgan fingerprint density at radius 1 is 1.35 bits per heavy atom. The fourth-order valence-electron chi connectivity index (χ4n) is 3.72. The Balaban J connectivity index is 1.45. The van der Waals surface area contributed by atoms with Crippen molar-refractivity contribution in [2.75, 3.05) is 24.2 Å². The lowest BCUT2D eigenvalue weighted by Gasteiger charge is -2.35. The highest BCUT2D eigenvalue weighted by Crippen LogP contribution is 2.48. The van der Waals surface area contributed by atoms with Crippen LogP contribution in [0, 0.1) is 17.2 Å². The number of anilines is 1. The lowest BCUT2D eigenvalue weighted by atomic mass is 9.96. The predicted molar refractivity (Wildman–Crippen MR) is 106 cm³/mol. The fraction of sp³-hybridized carbons (Fsp3) is 0.400. The van der Waals surface area contributed by atoms with Crippen molar-refractivity contribution < 1.29 is 4.79 Å². The number of nitrogens with zero attached hydrogens (tertiary/aromatic N) is 2. The summed E-state index contributed by atoms with van der Waals surface area (Å²) >= 11 is 3.31. The molecule has 1 aliphatic carbocycles. The fourth-order valence-corrected chi connectivity index (χ4v) is 5.30. The number of hydrogen-bond donors (Lipinski definition) is 1. The predicted octanol–water partition coefficient (Wildman–Crippen LogP) is 4.31. The summed E-state index contributed by atoms with van der Waals surface area (Å²) in [7, 11) is 0. The van der Waals surface area contributed by atoms with Crippen LogP contribution in [0.3, 0.4) is 0 Å². The summed E-state index contributed by atoms with van der Waals surface area (Å²) in [5.41, 5.74) is 2.25. The summed E-state index contributed by atoms with van der Waals surface area (Å²) in [6.45, 7) is 1.38. The van der Waals surface area contributed by atoms with Gasteiger partial charge in [0, 0.05) is 22.4 Å². The van der Waals surface area contributed by atoms with Crippen molar-refractivity contribution in [1.29, 1.82) is 5.26 Å². The molecule has 26 heavy (non-hydrogen) atoms. The molecule has 2 heterocycles. The minimum absolute atomic E-state index is 0.0272. The van der Waals surface area contributed by atoms with Gasteiger partial charge in [0.1, 0.15) is 0 Å². The molecule has 1 fully saturated rings. The number of rotatable bonds is 6. The molecule has 1 saturated carbocycles. The Kier molecular flexibility index (Phi) is 5.30. The van der Waals surface area contributed by atoms with Crippen LogP contribution in [-0.4, -0.2) is 29.6 Å². The van der Waals surface area contributed by atoms with E-state index in [0.29, 0.717) is 24.3 Å². The number of hydrogen-bond acceptors (Lipinski definition) is 5. The number of carbonyl (C=O) groups is 1. The molecule has 6 heteroatoms. The van der Waals surface area contributed by atoms with E-state index in [1.807, 2.05) is 35.6 Å². The van der Waals surface area contributed by atoms with Crippen LogP contribution in [0.4, 0.5) is 5.69 Å². The third kappa shape index (κ3) is 3.80. The van der Waals surface area contributed by atoms with Gasteiger partial charge in [-0.25, -0.2) is 0 Å². The van der Waals surface area contributed by atoms with E-state index in [1.54, 1.807) is 0 Å². The molecule has 2 aliphatic rings. The maximum Gasteiger partial charge on any atom is 0.238 e. The SMILES string of the molecule is N#CCSc1ccccc1NC(=O)CN1CCc2sccc2[C@H]1C1CC1. The van der Waals surface area contributed by atoms with Crippen molar-refractivity contribution >= 4 is 34.7 Å². The maximum absolute atomic E-state index is 12.7. The number of fused-ring (bicyclic) bond motifs is 1.